The van der Waals surface area contributed by atoms with Gasteiger partial charge < -0.3 is 38.8 Å². The highest BCUT2D eigenvalue weighted by atomic mass is 31.2. The summed E-state index contributed by atoms with van der Waals surface area (Å²) < 4.78 is 81.3. The van der Waals surface area contributed by atoms with Crippen LogP contribution in [0.25, 0.3) is 11.2 Å². The fraction of sp³-hybridized carbons (Fsp3) is 0.783. The van der Waals surface area contributed by atoms with Gasteiger partial charge in [-0.1, -0.05) is 6.92 Å². The zero-order chi connectivity index (χ0) is 33.4. The fourth-order valence-electron chi connectivity index (χ4n) is 5.66. The van der Waals surface area contributed by atoms with Crippen LogP contribution in [0.5, 0.6) is 0 Å². The van der Waals surface area contributed by atoms with Crippen LogP contribution in [0, 0.1) is 5.92 Å². The number of aromatic amines is 1. The molecule has 0 spiro atoms. The van der Waals surface area contributed by atoms with E-state index in [-0.39, 0.29) is 42.6 Å². The highest BCUT2D eigenvalue weighted by Crippen LogP contribution is 2.52. The Kier molecular flexibility index (Phi) is 11.1. The van der Waals surface area contributed by atoms with Crippen molar-refractivity contribution in [3.63, 3.8) is 0 Å². The minimum absolute atomic E-state index is 0.0119. The van der Waals surface area contributed by atoms with Crippen LogP contribution >= 0.6 is 23.5 Å². The predicted molar refractivity (Wildman–Crippen MR) is 153 cm³/mol. The van der Waals surface area contributed by atoms with E-state index in [2.05, 4.69) is 19.5 Å². The average molecular weight is 718 g/mol. The number of hydrogen-bond donors (Lipinski definition) is 5. The predicted octanol–water partition coefficient (Wildman–Crippen LogP) is 1.51. The maximum absolute atomic E-state index is 13.0. The van der Waals surface area contributed by atoms with Crippen LogP contribution in [0.1, 0.15) is 46.3 Å². The second-order valence-corrected chi connectivity index (χ2v) is 15.5. The first-order chi connectivity index (χ1) is 21.5. The number of nitrogens with zero attached hydrogens (tertiary/aromatic N) is 3. The number of imidazole rings is 1. The molecule has 5 rings (SSSR count). The second kappa shape index (κ2) is 14.2. The molecular weight excluding hydrogens is 681 g/mol. The van der Waals surface area contributed by atoms with E-state index in [0.717, 1.165) is 6.42 Å². The average Bonchev–Trinajstić information content (AvgIpc) is 3.70. The number of ether oxygens (including phenoxy) is 3. The monoisotopic (exact) mass is 718 g/mol. The largest absolute Gasteiger partial charge is 0.472 e. The molecule has 23 heteroatoms. The highest BCUT2D eigenvalue weighted by molar-refractivity contribution is 7.47. The quantitative estimate of drug-likeness (QED) is 0.173. The maximum atomic E-state index is 13.0. The van der Waals surface area contributed by atoms with Crippen LogP contribution < -0.4 is 5.56 Å². The summed E-state index contributed by atoms with van der Waals surface area (Å²) in [6.45, 7) is 3.93. The minimum atomic E-state index is -4.89. The molecule has 5 N–H and O–H groups in total. The topological polar surface area (TPSA) is 270 Å². The number of rotatable bonds is 14. The molecule has 0 aliphatic carbocycles. The molecule has 3 fully saturated rings. The van der Waals surface area contributed by atoms with Crippen molar-refractivity contribution in [3.8, 4) is 0 Å². The van der Waals surface area contributed by atoms with Crippen molar-refractivity contribution >= 4 is 34.6 Å². The molecule has 11 unspecified atom stereocenters. The van der Waals surface area contributed by atoms with Crippen LogP contribution in [0.3, 0.4) is 0 Å². The van der Waals surface area contributed by atoms with Gasteiger partial charge in [0.05, 0.1) is 50.8 Å². The number of hydrogen-bond acceptors (Lipinski definition) is 14. The summed E-state index contributed by atoms with van der Waals surface area (Å²) in [6, 6.07) is 0. The Morgan fingerprint density at radius 2 is 1.39 bits per heavy atom. The Morgan fingerprint density at radius 3 is 2.02 bits per heavy atom. The van der Waals surface area contributed by atoms with E-state index in [1.165, 1.54) is 17.2 Å². The lowest BCUT2D eigenvalue weighted by atomic mass is 10.0. The van der Waals surface area contributed by atoms with Gasteiger partial charge in [0.15, 0.2) is 11.2 Å². The molecule has 3 saturated heterocycles. The molecule has 0 radical (unpaired) electrons. The van der Waals surface area contributed by atoms with Crippen molar-refractivity contribution in [2.75, 3.05) is 19.8 Å². The standard InChI is InChI=1S/C23H37N4O16P3/c1-12-4-13(2)39-17(12)7-37-45(32,33)43-16-6-20(27-11-26-21-22(27)24-10-25-23(21)28)41-19(16)9-38-46(34,35)42-15-5-14(3)40-18(15)8-36-44(29,30)31/h10-20H,4-9H2,1-3H3,(H,32,33)(H,34,35)(H,24,25,28)(H2,29,30,31). The molecule has 0 aromatic carbocycles. The number of fused-ring (bicyclic) bond motifs is 1. The van der Waals surface area contributed by atoms with Crippen LogP contribution in [-0.4, -0.2) is 102 Å². The SMILES string of the molecule is CC1CC(C)C(COP(=O)(O)OC2CC(n3cnc4c(=O)[nH]cnc43)OC2COP(=O)(O)OC2CC(C)OC2COP(=O)(O)O)O1. The molecule has 0 bridgehead atoms. The molecule has 0 saturated carbocycles. The Balaban J connectivity index is 1.27. The van der Waals surface area contributed by atoms with Crippen LogP contribution in [0.15, 0.2) is 17.4 Å². The summed E-state index contributed by atoms with van der Waals surface area (Å²) in [6.07, 6.45) is -3.43. The lowest BCUT2D eigenvalue weighted by molar-refractivity contribution is -0.0522. The highest BCUT2D eigenvalue weighted by Gasteiger charge is 2.45. The van der Waals surface area contributed by atoms with E-state index in [1.807, 2.05) is 13.8 Å². The first kappa shape index (κ1) is 35.9. The van der Waals surface area contributed by atoms with E-state index in [0.29, 0.717) is 0 Å². The molecule has 20 nitrogen and oxygen atoms in total. The lowest BCUT2D eigenvalue weighted by Gasteiger charge is -2.24. The smallest absolute Gasteiger partial charge is 0.373 e. The first-order valence-electron chi connectivity index (χ1n) is 14.4. The van der Waals surface area contributed by atoms with E-state index in [1.54, 1.807) is 6.92 Å². The Hall–Kier alpha value is -1.44. The van der Waals surface area contributed by atoms with Crippen molar-refractivity contribution in [1.82, 2.24) is 19.5 Å². The molecule has 2 aromatic heterocycles. The van der Waals surface area contributed by atoms with Gasteiger partial charge in [-0.25, -0.2) is 23.7 Å². The van der Waals surface area contributed by atoms with Gasteiger partial charge in [-0.3, -0.25) is 32.0 Å². The Labute approximate surface area is 262 Å². The lowest BCUT2D eigenvalue weighted by Crippen LogP contribution is -2.31. The number of H-pyrrole nitrogens is 1. The van der Waals surface area contributed by atoms with Gasteiger partial charge in [0.2, 0.25) is 0 Å². The Morgan fingerprint density at radius 1 is 0.826 bits per heavy atom. The van der Waals surface area contributed by atoms with Gasteiger partial charge in [0.25, 0.3) is 5.56 Å². The molecule has 3 aliphatic heterocycles. The third kappa shape index (κ3) is 9.16. The zero-order valence-electron chi connectivity index (χ0n) is 25.0. The van der Waals surface area contributed by atoms with E-state index >= 15 is 0 Å². The first-order valence-corrected chi connectivity index (χ1v) is 18.9. The molecular formula is C23H37N4O16P3. The molecule has 5 heterocycles. The van der Waals surface area contributed by atoms with Crippen LogP contribution in [0.2, 0.25) is 0 Å². The van der Waals surface area contributed by atoms with Crippen molar-refractivity contribution in [2.24, 2.45) is 5.92 Å². The van der Waals surface area contributed by atoms with E-state index in [9.17, 15) is 28.3 Å². The molecule has 260 valence electrons. The molecule has 46 heavy (non-hydrogen) atoms. The third-order valence-electron chi connectivity index (χ3n) is 7.74. The molecule has 2 aromatic rings. The summed E-state index contributed by atoms with van der Waals surface area (Å²) >= 11 is 0. The second-order valence-electron chi connectivity index (χ2n) is 11.4. The maximum Gasteiger partial charge on any atom is 0.472 e. The fourth-order valence-corrected chi connectivity index (χ4v) is 7.92. The number of phosphoric ester groups is 3. The molecule has 3 aliphatic rings. The number of phosphoric acid groups is 3. The van der Waals surface area contributed by atoms with Crippen LogP contribution in [0.4, 0.5) is 0 Å². The van der Waals surface area contributed by atoms with Crippen molar-refractivity contribution in [3.05, 3.63) is 23.0 Å². The zero-order valence-corrected chi connectivity index (χ0v) is 27.6. The number of aromatic nitrogens is 4. The number of nitrogens with one attached hydrogen (secondary N) is 1. The van der Waals surface area contributed by atoms with Gasteiger partial charge >= 0.3 is 23.5 Å². The normalized spacial score (nSPS) is 34.6. The van der Waals surface area contributed by atoms with Gasteiger partial charge in [0.1, 0.15) is 30.6 Å². The summed E-state index contributed by atoms with van der Waals surface area (Å²) in [5.41, 5.74) is -0.347. The van der Waals surface area contributed by atoms with Gasteiger partial charge in [-0.15, -0.1) is 0 Å². The Bertz CT molecular complexity index is 1570. The molecule has 11 atom stereocenters. The van der Waals surface area contributed by atoms with Crippen molar-refractivity contribution in [1.29, 1.82) is 0 Å². The van der Waals surface area contributed by atoms with Crippen molar-refractivity contribution in [2.45, 2.75) is 89.0 Å². The summed E-state index contributed by atoms with van der Waals surface area (Å²) in [7, 11) is -14.5. The summed E-state index contributed by atoms with van der Waals surface area (Å²) in [5, 5.41) is 0. The summed E-state index contributed by atoms with van der Waals surface area (Å²) in [4.78, 5) is 61.8. The van der Waals surface area contributed by atoms with E-state index in [4.69, 9.17) is 42.1 Å². The van der Waals surface area contributed by atoms with Gasteiger partial charge in [-0.2, -0.15) is 0 Å². The van der Waals surface area contributed by atoms with Gasteiger partial charge in [0, 0.05) is 12.8 Å². The van der Waals surface area contributed by atoms with Gasteiger partial charge in [-0.05, 0) is 26.2 Å². The minimum Gasteiger partial charge on any atom is -0.373 e. The van der Waals surface area contributed by atoms with E-state index < -0.39 is 85.1 Å². The summed E-state index contributed by atoms with van der Waals surface area (Å²) in [5.74, 6) is 0.0791. The van der Waals surface area contributed by atoms with Crippen molar-refractivity contribution < 1.29 is 70.1 Å². The molecule has 0 amide bonds. The third-order valence-corrected chi connectivity index (χ3v) is 10.2. The van der Waals surface area contributed by atoms with Crippen LogP contribution in [-0.2, 0) is 50.5 Å².